The number of halogens is 2. The van der Waals surface area contributed by atoms with Gasteiger partial charge in [-0.05, 0) is 0 Å². The highest BCUT2D eigenvalue weighted by molar-refractivity contribution is 7.90. The van der Waals surface area contributed by atoms with Crippen LogP contribution in [0.15, 0.2) is 22.6 Å². The lowest BCUT2D eigenvalue weighted by Crippen LogP contribution is -2.23. The van der Waals surface area contributed by atoms with Gasteiger partial charge in [0, 0.05) is 38.6 Å². The van der Waals surface area contributed by atoms with Gasteiger partial charge in [0.1, 0.15) is 27.3 Å². The van der Waals surface area contributed by atoms with Crippen LogP contribution in [0.25, 0.3) is 0 Å². The molecule has 5 nitrogen and oxygen atoms in total. The number of benzene rings is 1. The minimum Gasteiger partial charge on any atom is -0.483 e. The van der Waals surface area contributed by atoms with Gasteiger partial charge in [0.2, 0.25) is 0 Å². The lowest BCUT2D eigenvalue weighted by atomic mass is 10.3. The normalized spacial score (nSPS) is 14.0. The molecular weight excluding hydrogens is 278 g/mol. The molecule has 8 heteroatoms. The van der Waals surface area contributed by atoms with Crippen LogP contribution in [0.5, 0.6) is 5.75 Å². The second kappa shape index (κ2) is 6.07. The first-order chi connectivity index (χ1) is 8.70. The summed E-state index contributed by atoms with van der Waals surface area (Å²) in [5, 5.41) is 0. The van der Waals surface area contributed by atoms with Crippen molar-refractivity contribution in [1.82, 2.24) is 4.31 Å². The van der Waals surface area contributed by atoms with E-state index in [2.05, 4.69) is 4.36 Å². The SMILES string of the molecule is CN(C)[S@@](C)(=O)=NC(=O)COc1cc(F)cc(F)c1. The minimum atomic E-state index is -2.79. The summed E-state index contributed by atoms with van der Waals surface area (Å²) in [5.74, 6) is -2.53. The molecule has 0 heterocycles. The fraction of sp³-hybridized carbons (Fsp3) is 0.364. The van der Waals surface area contributed by atoms with Gasteiger partial charge in [0.05, 0.1) is 0 Å². The Labute approximate surface area is 110 Å². The Balaban J connectivity index is 2.73. The van der Waals surface area contributed by atoms with E-state index in [4.69, 9.17) is 4.74 Å². The Hall–Kier alpha value is -1.54. The Morgan fingerprint density at radius 1 is 1.32 bits per heavy atom. The van der Waals surface area contributed by atoms with Gasteiger partial charge in [0.15, 0.2) is 6.61 Å². The van der Waals surface area contributed by atoms with Gasteiger partial charge in [-0.15, -0.1) is 4.36 Å². The first kappa shape index (κ1) is 15.5. The summed E-state index contributed by atoms with van der Waals surface area (Å²) in [6.07, 6.45) is 1.30. The first-order valence-electron chi connectivity index (χ1n) is 5.22. The Morgan fingerprint density at radius 2 is 1.84 bits per heavy atom. The van der Waals surface area contributed by atoms with Crippen molar-refractivity contribution < 1.29 is 22.5 Å². The zero-order valence-electron chi connectivity index (χ0n) is 10.7. The van der Waals surface area contributed by atoms with Crippen molar-refractivity contribution in [1.29, 1.82) is 0 Å². The van der Waals surface area contributed by atoms with Crippen LogP contribution >= 0.6 is 0 Å². The number of rotatable bonds is 4. The van der Waals surface area contributed by atoms with E-state index >= 15 is 0 Å². The highest BCUT2D eigenvalue weighted by Gasteiger charge is 2.10. The molecule has 0 saturated heterocycles. The molecule has 1 aromatic rings. The van der Waals surface area contributed by atoms with Gasteiger partial charge >= 0.3 is 0 Å². The van der Waals surface area contributed by atoms with Gasteiger partial charge in [-0.25, -0.2) is 17.3 Å². The Kier molecular flexibility index (Phi) is 4.96. The summed E-state index contributed by atoms with van der Waals surface area (Å²) in [7, 11) is 0.244. The lowest BCUT2D eigenvalue weighted by Gasteiger charge is -2.11. The van der Waals surface area contributed by atoms with Crippen molar-refractivity contribution in [2.24, 2.45) is 4.36 Å². The van der Waals surface area contributed by atoms with Crippen molar-refractivity contribution in [2.75, 3.05) is 27.0 Å². The molecule has 1 rings (SSSR count). The largest absolute Gasteiger partial charge is 0.483 e. The average Bonchev–Trinajstić information content (AvgIpc) is 2.24. The minimum absolute atomic E-state index is 0.131. The molecule has 1 atom stereocenters. The maximum absolute atomic E-state index is 12.8. The van der Waals surface area contributed by atoms with Crippen LogP contribution in [-0.2, 0) is 14.7 Å². The zero-order chi connectivity index (χ0) is 14.6. The van der Waals surface area contributed by atoms with Crippen LogP contribution in [0.3, 0.4) is 0 Å². The van der Waals surface area contributed by atoms with E-state index in [1.807, 2.05) is 0 Å². The fourth-order valence-corrected chi connectivity index (χ4v) is 1.65. The van der Waals surface area contributed by atoms with E-state index in [-0.39, 0.29) is 5.75 Å². The van der Waals surface area contributed by atoms with E-state index in [1.165, 1.54) is 24.7 Å². The summed E-state index contributed by atoms with van der Waals surface area (Å²) >= 11 is 0. The van der Waals surface area contributed by atoms with Crippen molar-refractivity contribution in [3.05, 3.63) is 29.8 Å². The van der Waals surface area contributed by atoms with E-state index < -0.39 is 34.1 Å². The predicted octanol–water partition coefficient (Wildman–Crippen LogP) is 1.44. The smallest absolute Gasteiger partial charge is 0.292 e. The highest BCUT2D eigenvalue weighted by Crippen LogP contribution is 2.15. The second-order valence-corrected chi connectivity index (χ2v) is 6.39. The monoisotopic (exact) mass is 292 g/mol. The third-order valence-electron chi connectivity index (χ3n) is 2.15. The van der Waals surface area contributed by atoms with E-state index in [9.17, 15) is 17.8 Å². The summed E-state index contributed by atoms with van der Waals surface area (Å²) in [6.45, 7) is -0.540. The van der Waals surface area contributed by atoms with Crippen LogP contribution in [0.2, 0.25) is 0 Å². The number of nitrogens with zero attached hydrogens (tertiary/aromatic N) is 2. The molecule has 0 aliphatic rings. The lowest BCUT2D eigenvalue weighted by molar-refractivity contribution is -0.119. The van der Waals surface area contributed by atoms with Gasteiger partial charge in [-0.1, -0.05) is 0 Å². The zero-order valence-corrected chi connectivity index (χ0v) is 11.5. The molecule has 0 N–H and O–H groups in total. The summed E-state index contributed by atoms with van der Waals surface area (Å²) in [5.41, 5.74) is 0. The fourth-order valence-electron chi connectivity index (χ4n) is 1.05. The maximum Gasteiger partial charge on any atom is 0.292 e. The maximum atomic E-state index is 12.8. The summed E-state index contributed by atoms with van der Waals surface area (Å²) < 4.78 is 47.1. The number of hydrogen-bond donors (Lipinski definition) is 0. The molecule has 0 aromatic heterocycles. The number of ether oxygens (including phenoxy) is 1. The third-order valence-corrected chi connectivity index (χ3v) is 4.04. The van der Waals surface area contributed by atoms with Crippen LogP contribution in [0.4, 0.5) is 8.78 Å². The molecule has 0 aliphatic heterocycles. The van der Waals surface area contributed by atoms with Crippen LogP contribution in [-0.4, -0.2) is 41.4 Å². The highest BCUT2D eigenvalue weighted by atomic mass is 32.2. The van der Waals surface area contributed by atoms with Gasteiger partial charge in [-0.2, -0.15) is 0 Å². The Bertz CT molecular complexity index is 575. The van der Waals surface area contributed by atoms with Crippen molar-refractivity contribution in [3.63, 3.8) is 0 Å². The molecule has 0 fully saturated rings. The summed E-state index contributed by atoms with van der Waals surface area (Å²) in [6, 6.07) is 2.56. The molecule has 0 saturated carbocycles. The molecule has 0 aliphatic carbocycles. The number of hydrogen-bond acceptors (Lipinski definition) is 3. The molecule has 106 valence electrons. The standard InChI is InChI=1S/C11H14F2N2O3S/c1-15(2)19(3,17)14-11(16)7-18-10-5-8(12)4-9(13)6-10/h4-6H,7H2,1-3H3/t19-/m0/s1. The molecule has 0 bridgehead atoms. The number of carbonyl (C=O) groups excluding carboxylic acids is 1. The third kappa shape index (κ3) is 4.92. The van der Waals surface area contributed by atoms with Crippen molar-refractivity contribution >= 4 is 15.8 Å². The molecule has 0 spiro atoms. The molecule has 19 heavy (non-hydrogen) atoms. The van der Waals surface area contributed by atoms with E-state index in [0.717, 1.165) is 12.1 Å². The quantitative estimate of drug-likeness (QED) is 0.844. The molecular formula is C11H14F2N2O3S. The Morgan fingerprint density at radius 3 is 2.32 bits per heavy atom. The topological polar surface area (TPSA) is 59.0 Å². The van der Waals surface area contributed by atoms with Crippen molar-refractivity contribution in [3.8, 4) is 5.75 Å². The van der Waals surface area contributed by atoms with Crippen LogP contribution in [0, 0.1) is 11.6 Å². The molecule has 1 amide bonds. The van der Waals surface area contributed by atoms with Gasteiger partial charge < -0.3 is 4.74 Å². The van der Waals surface area contributed by atoms with Crippen LogP contribution < -0.4 is 4.74 Å². The van der Waals surface area contributed by atoms with E-state index in [1.54, 1.807) is 0 Å². The molecule has 1 aromatic carbocycles. The van der Waals surface area contributed by atoms with E-state index in [0.29, 0.717) is 6.07 Å². The van der Waals surface area contributed by atoms with Gasteiger partial charge in [-0.3, -0.25) is 4.79 Å². The second-order valence-electron chi connectivity index (χ2n) is 3.95. The number of amides is 1. The summed E-state index contributed by atoms with van der Waals surface area (Å²) in [4.78, 5) is 11.4. The van der Waals surface area contributed by atoms with Gasteiger partial charge in [0.25, 0.3) is 5.91 Å². The average molecular weight is 292 g/mol. The predicted molar refractivity (Wildman–Crippen MR) is 67.0 cm³/mol. The number of carbonyl (C=O) groups is 1. The first-order valence-corrected chi connectivity index (χ1v) is 7.10. The van der Waals surface area contributed by atoms with Crippen molar-refractivity contribution in [2.45, 2.75) is 0 Å². The molecule has 0 unspecified atom stereocenters. The molecule has 0 radical (unpaired) electrons. The van der Waals surface area contributed by atoms with Crippen LogP contribution in [0.1, 0.15) is 0 Å².